The highest BCUT2D eigenvalue weighted by Crippen LogP contribution is 2.37. The fourth-order valence-corrected chi connectivity index (χ4v) is 5.03. The largest absolute Gasteiger partial charge is 0.352 e. The first-order valence-corrected chi connectivity index (χ1v) is 12.2. The zero-order valence-electron chi connectivity index (χ0n) is 18.6. The molecule has 1 aromatic carbocycles. The fraction of sp³-hybridized carbons (Fsp3) is 0.625. The van der Waals surface area contributed by atoms with E-state index in [9.17, 15) is 4.79 Å². The van der Waals surface area contributed by atoms with E-state index < -0.39 is 0 Å². The smallest absolute Gasteiger partial charge is 0.233 e. The molecule has 2 saturated carbocycles. The molecule has 1 N–H and O–H groups in total. The number of hydrogen-bond donors (Lipinski definition) is 1. The number of thioether (sulfide) groups is 1. The summed E-state index contributed by atoms with van der Waals surface area (Å²) < 4.78 is 2.32. The predicted molar refractivity (Wildman–Crippen MR) is 123 cm³/mol. The van der Waals surface area contributed by atoms with Crippen LogP contribution in [0.2, 0.25) is 0 Å². The summed E-state index contributed by atoms with van der Waals surface area (Å²) in [6.45, 7) is 8.67. The zero-order valence-corrected chi connectivity index (χ0v) is 19.5. The number of benzene rings is 1. The molecule has 0 radical (unpaired) electrons. The molecule has 2 aromatic rings. The fourth-order valence-electron chi connectivity index (χ4n) is 4.10. The Morgan fingerprint density at radius 1 is 1.07 bits per heavy atom. The Labute approximate surface area is 184 Å². The normalized spacial score (nSPS) is 18.9. The molecule has 2 aliphatic rings. The van der Waals surface area contributed by atoms with Crippen LogP contribution in [0.4, 0.5) is 0 Å². The molecule has 1 aromatic heterocycles. The Bertz CT molecular complexity index is 874. The van der Waals surface area contributed by atoms with Crippen LogP contribution in [-0.4, -0.2) is 32.0 Å². The van der Waals surface area contributed by atoms with Crippen molar-refractivity contribution in [1.29, 1.82) is 0 Å². The van der Waals surface area contributed by atoms with Gasteiger partial charge in [-0.3, -0.25) is 9.36 Å². The minimum Gasteiger partial charge on any atom is -0.352 e. The van der Waals surface area contributed by atoms with E-state index in [1.807, 2.05) is 6.92 Å². The molecule has 1 heterocycles. The molecule has 2 aliphatic carbocycles. The first kappa shape index (κ1) is 21.4. The van der Waals surface area contributed by atoms with Crippen LogP contribution in [0.3, 0.4) is 0 Å². The second kappa shape index (κ2) is 8.74. The van der Waals surface area contributed by atoms with E-state index >= 15 is 0 Å². The van der Waals surface area contributed by atoms with E-state index in [0.717, 1.165) is 42.2 Å². The van der Waals surface area contributed by atoms with Crippen LogP contribution in [0.25, 0.3) is 11.4 Å². The molecule has 1 atom stereocenters. The molecule has 4 rings (SSSR count). The summed E-state index contributed by atoms with van der Waals surface area (Å²) in [7, 11) is 0. The number of carbonyl (C=O) groups excluding carboxylic acids is 1. The van der Waals surface area contributed by atoms with Gasteiger partial charge in [0, 0.05) is 17.6 Å². The van der Waals surface area contributed by atoms with Crippen molar-refractivity contribution in [2.75, 3.05) is 0 Å². The second-order valence-electron chi connectivity index (χ2n) is 9.84. The third kappa shape index (κ3) is 4.90. The van der Waals surface area contributed by atoms with Gasteiger partial charge in [0.15, 0.2) is 11.0 Å². The van der Waals surface area contributed by atoms with Gasteiger partial charge in [0.05, 0.1) is 5.25 Å². The van der Waals surface area contributed by atoms with Crippen LogP contribution in [-0.2, 0) is 10.2 Å². The van der Waals surface area contributed by atoms with Crippen molar-refractivity contribution in [3.63, 3.8) is 0 Å². The summed E-state index contributed by atoms with van der Waals surface area (Å²) in [6, 6.07) is 9.53. The molecular weight excluding hydrogens is 392 g/mol. The summed E-state index contributed by atoms with van der Waals surface area (Å²) >= 11 is 1.54. The first-order chi connectivity index (χ1) is 14.3. The Balaban J connectivity index is 1.62. The molecule has 0 saturated heterocycles. The number of hydrogen-bond acceptors (Lipinski definition) is 4. The number of rotatable bonds is 6. The average Bonchev–Trinajstić information content (AvgIpc) is 3.45. The highest BCUT2D eigenvalue weighted by atomic mass is 32.2. The molecule has 1 amide bonds. The van der Waals surface area contributed by atoms with Crippen molar-refractivity contribution in [3.8, 4) is 11.4 Å². The lowest BCUT2D eigenvalue weighted by Crippen LogP contribution is -2.32. The van der Waals surface area contributed by atoms with Crippen molar-refractivity contribution in [2.24, 2.45) is 0 Å². The van der Waals surface area contributed by atoms with Crippen LogP contribution in [0, 0.1) is 0 Å². The summed E-state index contributed by atoms with van der Waals surface area (Å²) in [5, 5.41) is 13.0. The van der Waals surface area contributed by atoms with Crippen LogP contribution in [0.1, 0.15) is 84.2 Å². The van der Waals surface area contributed by atoms with Crippen LogP contribution in [0.15, 0.2) is 29.4 Å². The van der Waals surface area contributed by atoms with Gasteiger partial charge in [-0.1, -0.05) is 76.1 Å². The number of carbonyl (C=O) groups is 1. The number of aromatic nitrogens is 3. The Hall–Kier alpha value is -1.82. The predicted octanol–water partition coefficient (Wildman–Crippen LogP) is 5.51. The van der Waals surface area contributed by atoms with Gasteiger partial charge in [-0.25, -0.2) is 0 Å². The maximum Gasteiger partial charge on any atom is 0.233 e. The minimum atomic E-state index is -0.173. The lowest BCUT2D eigenvalue weighted by Gasteiger charge is -2.26. The van der Waals surface area contributed by atoms with E-state index in [4.69, 9.17) is 0 Å². The quantitative estimate of drug-likeness (QED) is 0.619. The van der Waals surface area contributed by atoms with Crippen molar-refractivity contribution in [3.05, 3.63) is 29.8 Å². The summed E-state index contributed by atoms with van der Waals surface area (Å²) in [6.07, 6.45) is 8.31. The molecule has 0 unspecified atom stereocenters. The standard InChI is InChI=1S/C24H34N4OS/c1-16(22(29)25-19-14-15-19)30-23-27-26-21(28(23)20-8-6-5-7-9-20)17-10-12-18(13-11-17)24(2,3)4/h10-13,16,19-20H,5-9,14-15H2,1-4H3,(H,25,29)/t16-/m1/s1. The lowest BCUT2D eigenvalue weighted by atomic mass is 9.86. The molecule has 162 valence electrons. The van der Waals surface area contributed by atoms with E-state index in [1.54, 1.807) is 11.8 Å². The second-order valence-corrected chi connectivity index (χ2v) is 11.1. The SMILES string of the molecule is C[C@@H](Sc1nnc(-c2ccc(C(C)(C)C)cc2)n1C1CCCCC1)C(=O)NC1CC1. The van der Waals surface area contributed by atoms with E-state index in [2.05, 4.69) is 65.1 Å². The molecule has 6 heteroatoms. The van der Waals surface area contributed by atoms with Crippen LogP contribution < -0.4 is 5.32 Å². The summed E-state index contributed by atoms with van der Waals surface area (Å²) in [5.74, 6) is 1.04. The Morgan fingerprint density at radius 3 is 2.33 bits per heavy atom. The van der Waals surface area contributed by atoms with Crippen molar-refractivity contribution < 1.29 is 4.79 Å². The lowest BCUT2D eigenvalue weighted by molar-refractivity contribution is -0.120. The third-order valence-corrected chi connectivity index (χ3v) is 7.25. The van der Waals surface area contributed by atoms with Gasteiger partial charge >= 0.3 is 0 Å². The highest BCUT2D eigenvalue weighted by Gasteiger charge is 2.29. The van der Waals surface area contributed by atoms with Gasteiger partial charge < -0.3 is 5.32 Å². The zero-order chi connectivity index (χ0) is 21.3. The molecule has 2 fully saturated rings. The molecule has 0 aliphatic heterocycles. The van der Waals surface area contributed by atoms with Gasteiger partial charge in [0.25, 0.3) is 0 Å². The van der Waals surface area contributed by atoms with Crippen molar-refractivity contribution >= 4 is 17.7 Å². The van der Waals surface area contributed by atoms with Crippen LogP contribution in [0.5, 0.6) is 0 Å². The Kier molecular flexibility index (Phi) is 6.24. The molecule has 0 spiro atoms. The highest BCUT2D eigenvalue weighted by molar-refractivity contribution is 8.00. The topological polar surface area (TPSA) is 59.8 Å². The van der Waals surface area contributed by atoms with E-state index in [-0.39, 0.29) is 16.6 Å². The van der Waals surface area contributed by atoms with Crippen molar-refractivity contribution in [2.45, 2.75) is 101 Å². The van der Waals surface area contributed by atoms with Gasteiger partial charge in [0.2, 0.25) is 5.91 Å². The average molecular weight is 427 g/mol. The first-order valence-electron chi connectivity index (χ1n) is 11.4. The maximum atomic E-state index is 12.5. The Morgan fingerprint density at radius 2 is 1.73 bits per heavy atom. The van der Waals surface area contributed by atoms with E-state index in [0.29, 0.717) is 12.1 Å². The third-order valence-electron chi connectivity index (χ3n) is 6.19. The van der Waals surface area contributed by atoms with Crippen LogP contribution >= 0.6 is 11.8 Å². The molecular formula is C24H34N4OS. The maximum absolute atomic E-state index is 12.5. The molecule has 30 heavy (non-hydrogen) atoms. The van der Waals surface area contributed by atoms with Gasteiger partial charge in [-0.05, 0) is 43.6 Å². The van der Waals surface area contributed by atoms with Gasteiger partial charge in [-0.2, -0.15) is 0 Å². The van der Waals surface area contributed by atoms with E-state index in [1.165, 1.54) is 24.8 Å². The van der Waals surface area contributed by atoms with Crippen molar-refractivity contribution in [1.82, 2.24) is 20.1 Å². The summed E-state index contributed by atoms with van der Waals surface area (Å²) in [4.78, 5) is 12.5. The van der Waals surface area contributed by atoms with Gasteiger partial charge in [-0.15, -0.1) is 10.2 Å². The minimum absolute atomic E-state index is 0.108. The number of nitrogens with zero attached hydrogens (tertiary/aromatic N) is 3. The molecule has 5 nitrogen and oxygen atoms in total. The van der Waals surface area contributed by atoms with Gasteiger partial charge in [0.1, 0.15) is 0 Å². The molecule has 0 bridgehead atoms. The number of nitrogens with one attached hydrogen (secondary N) is 1. The summed E-state index contributed by atoms with van der Waals surface area (Å²) in [5.41, 5.74) is 2.54. The monoisotopic (exact) mass is 426 g/mol. The number of amides is 1.